The van der Waals surface area contributed by atoms with Gasteiger partial charge in [0.05, 0.1) is 11.9 Å². The molecule has 1 N–H and O–H groups in total. The highest BCUT2D eigenvalue weighted by Crippen LogP contribution is 2.26. The standard InChI is InChI=1S/C28H41N3O4S/c1-8-18-29-27(33)25(9-2)30(19-22-12-10-21(3)11-13-22)26(32)20-31(36(7,34)35)24-16-14-23(15-17-24)28(4,5)6/h10-17,25H,8-9,18-20H2,1-7H3,(H,29,33)/t25-/m1/s1. The summed E-state index contributed by atoms with van der Waals surface area (Å²) in [5, 5.41) is 2.88. The number of hydrogen-bond acceptors (Lipinski definition) is 4. The van der Waals surface area contributed by atoms with E-state index in [0.717, 1.165) is 33.7 Å². The number of carbonyl (C=O) groups excluding carboxylic acids is 2. The first-order chi connectivity index (χ1) is 16.8. The van der Waals surface area contributed by atoms with Crippen LogP contribution in [0.25, 0.3) is 0 Å². The second-order valence-electron chi connectivity index (χ2n) is 10.3. The third-order valence-corrected chi connectivity index (χ3v) is 7.25. The van der Waals surface area contributed by atoms with Gasteiger partial charge in [-0.1, -0.05) is 76.6 Å². The molecule has 0 heterocycles. The van der Waals surface area contributed by atoms with Crippen molar-refractivity contribution in [2.45, 2.75) is 72.4 Å². The first kappa shape index (κ1) is 29.4. The van der Waals surface area contributed by atoms with E-state index < -0.39 is 28.5 Å². The maximum Gasteiger partial charge on any atom is 0.244 e. The Morgan fingerprint density at radius 2 is 1.56 bits per heavy atom. The van der Waals surface area contributed by atoms with Gasteiger partial charge in [-0.25, -0.2) is 8.42 Å². The topological polar surface area (TPSA) is 86.8 Å². The minimum absolute atomic E-state index is 0.0880. The summed E-state index contributed by atoms with van der Waals surface area (Å²) in [6.45, 7) is 12.4. The fraction of sp³-hybridized carbons (Fsp3) is 0.500. The summed E-state index contributed by atoms with van der Waals surface area (Å²) in [6.07, 6.45) is 2.28. The zero-order valence-corrected chi connectivity index (χ0v) is 23.5. The van der Waals surface area contributed by atoms with Crippen LogP contribution < -0.4 is 9.62 Å². The molecule has 2 amide bonds. The van der Waals surface area contributed by atoms with E-state index >= 15 is 0 Å². The van der Waals surface area contributed by atoms with Gasteiger partial charge in [-0.05, 0) is 48.4 Å². The highest BCUT2D eigenvalue weighted by Gasteiger charge is 2.31. The van der Waals surface area contributed by atoms with Crippen LogP contribution in [0, 0.1) is 6.92 Å². The van der Waals surface area contributed by atoms with Gasteiger partial charge in [0.2, 0.25) is 21.8 Å². The Morgan fingerprint density at radius 1 is 0.972 bits per heavy atom. The molecule has 2 aromatic carbocycles. The summed E-state index contributed by atoms with van der Waals surface area (Å²) in [5.74, 6) is -0.667. The van der Waals surface area contributed by atoms with Crippen molar-refractivity contribution in [2.24, 2.45) is 0 Å². The third-order valence-electron chi connectivity index (χ3n) is 6.11. The number of aryl methyl sites for hydroxylation is 1. The molecule has 0 unspecified atom stereocenters. The molecular weight excluding hydrogens is 474 g/mol. The van der Waals surface area contributed by atoms with Crippen LogP contribution in [0.2, 0.25) is 0 Å². The largest absolute Gasteiger partial charge is 0.354 e. The zero-order chi connectivity index (χ0) is 27.1. The molecule has 0 aliphatic heterocycles. The molecule has 0 bridgehead atoms. The first-order valence-corrected chi connectivity index (χ1v) is 14.3. The van der Waals surface area contributed by atoms with Crippen molar-refractivity contribution < 1.29 is 18.0 Å². The Balaban J connectivity index is 2.42. The van der Waals surface area contributed by atoms with Crippen LogP contribution in [-0.2, 0) is 31.6 Å². The van der Waals surface area contributed by atoms with E-state index in [-0.39, 0.29) is 17.9 Å². The Bertz CT molecular complexity index is 1120. The van der Waals surface area contributed by atoms with Gasteiger partial charge in [-0.15, -0.1) is 0 Å². The van der Waals surface area contributed by atoms with Gasteiger partial charge in [0.25, 0.3) is 0 Å². The van der Waals surface area contributed by atoms with Crippen LogP contribution in [-0.4, -0.2) is 50.5 Å². The van der Waals surface area contributed by atoms with Crippen molar-refractivity contribution in [1.82, 2.24) is 10.2 Å². The lowest BCUT2D eigenvalue weighted by atomic mass is 9.87. The molecule has 0 aromatic heterocycles. The highest BCUT2D eigenvalue weighted by atomic mass is 32.2. The Kier molecular flexibility index (Phi) is 10.1. The molecular formula is C28H41N3O4S. The van der Waals surface area contributed by atoms with Crippen molar-refractivity contribution in [1.29, 1.82) is 0 Å². The number of amides is 2. The van der Waals surface area contributed by atoms with Crippen LogP contribution in [0.15, 0.2) is 48.5 Å². The van der Waals surface area contributed by atoms with Gasteiger partial charge in [0.1, 0.15) is 12.6 Å². The van der Waals surface area contributed by atoms with Crippen LogP contribution in [0.4, 0.5) is 5.69 Å². The second-order valence-corrected chi connectivity index (χ2v) is 12.2. The summed E-state index contributed by atoms with van der Waals surface area (Å²) in [4.78, 5) is 28.2. The van der Waals surface area contributed by atoms with Crippen LogP contribution in [0.5, 0.6) is 0 Å². The lowest BCUT2D eigenvalue weighted by Gasteiger charge is -2.33. The number of benzene rings is 2. The monoisotopic (exact) mass is 515 g/mol. The minimum atomic E-state index is -3.75. The smallest absolute Gasteiger partial charge is 0.244 e. The summed E-state index contributed by atoms with van der Waals surface area (Å²) in [7, 11) is -3.75. The minimum Gasteiger partial charge on any atom is -0.354 e. The molecule has 198 valence electrons. The summed E-state index contributed by atoms with van der Waals surface area (Å²) >= 11 is 0. The SMILES string of the molecule is CCCNC(=O)[C@@H](CC)N(Cc1ccc(C)cc1)C(=O)CN(c1ccc(C(C)(C)C)cc1)S(C)(=O)=O. The van der Waals surface area contributed by atoms with Crippen molar-refractivity contribution in [3.05, 3.63) is 65.2 Å². The molecule has 0 radical (unpaired) electrons. The molecule has 36 heavy (non-hydrogen) atoms. The number of rotatable bonds is 11. The van der Waals surface area contributed by atoms with Crippen molar-refractivity contribution in [3.8, 4) is 0 Å². The van der Waals surface area contributed by atoms with E-state index in [1.54, 1.807) is 12.1 Å². The van der Waals surface area contributed by atoms with E-state index in [4.69, 9.17) is 0 Å². The van der Waals surface area contributed by atoms with E-state index in [1.165, 1.54) is 4.90 Å². The Morgan fingerprint density at radius 3 is 2.03 bits per heavy atom. The molecule has 7 nitrogen and oxygen atoms in total. The fourth-order valence-corrected chi connectivity index (χ4v) is 4.77. The quantitative estimate of drug-likeness (QED) is 0.481. The maximum absolute atomic E-state index is 13.7. The van der Waals surface area contributed by atoms with Gasteiger partial charge in [-0.2, -0.15) is 0 Å². The number of carbonyl (C=O) groups is 2. The van der Waals surface area contributed by atoms with Crippen molar-refractivity contribution in [3.63, 3.8) is 0 Å². The van der Waals surface area contributed by atoms with E-state index in [1.807, 2.05) is 57.2 Å². The maximum atomic E-state index is 13.7. The Hall–Kier alpha value is -2.87. The van der Waals surface area contributed by atoms with Gasteiger partial charge >= 0.3 is 0 Å². The lowest BCUT2D eigenvalue weighted by molar-refractivity contribution is -0.140. The number of sulfonamides is 1. The molecule has 0 fully saturated rings. The molecule has 8 heteroatoms. The number of nitrogens with zero attached hydrogens (tertiary/aromatic N) is 2. The normalized spacial score (nSPS) is 12.6. The van der Waals surface area contributed by atoms with Crippen LogP contribution in [0.3, 0.4) is 0 Å². The van der Waals surface area contributed by atoms with Crippen LogP contribution >= 0.6 is 0 Å². The number of hydrogen-bond donors (Lipinski definition) is 1. The van der Waals surface area contributed by atoms with Crippen LogP contribution in [0.1, 0.15) is 64.2 Å². The summed E-state index contributed by atoms with van der Waals surface area (Å²) in [6, 6.07) is 14.3. The fourth-order valence-electron chi connectivity index (χ4n) is 3.92. The zero-order valence-electron chi connectivity index (χ0n) is 22.7. The molecule has 0 saturated carbocycles. The van der Waals surface area contributed by atoms with Gasteiger partial charge < -0.3 is 10.2 Å². The summed E-state index contributed by atoms with van der Waals surface area (Å²) < 4.78 is 26.6. The van der Waals surface area contributed by atoms with Gasteiger partial charge in [0.15, 0.2) is 0 Å². The molecule has 1 atom stereocenters. The van der Waals surface area contributed by atoms with Gasteiger partial charge in [0, 0.05) is 13.1 Å². The van der Waals surface area contributed by atoms with E-state index in [9.17, 15) is 18.0 Å². The summed E-state index contributed by atoms with van der Waals surface area (Å²) in [5.41, 5.74) is 3.35. The lowest BCUT2D eigenvalue weighted by Crippen LogP contribution is -2.52. The predicted molar refractivity (Wildman–Crippen MR) is 146 cm³/mol. The average Bonchev–Trinajstić information content (AvgIpc) is 2.81. The van der Waals surface area contributed by atoms with Crippen molar-refractivity contribution in [2.75, 3.05) is 23.7 Å². The average molecular weight is 516 g/mol. The predicted octanol–water partition coefficient (Wildman–Crippen LogP) is 4.39. The number of nitrogens with one attached hydrogen (secondary N) is 1. The second kappa shape index (κ2) is 12.4. The first-order valence-electron chi connectivity index (χ1n) is 12.5. The molecule has 2 rings (SSSR count). The Labute approximate surface area is 216 Å². The molecule has 0 aliphatic rings. The molecule has 0 saturated heterocycles. The van der Waals surface area contributed by atoms with Gasteiger partial charge in [-0.3, -0.25) is 13.9 Å². The molecule has 0 spiro atoms. The van der Waals surface area contributed by atoms with E-state index in [0.29, 0.717) is 18.7 Å². The van der Waals surface area contributed by atoms with E-state index in [2.05, 4.69) is 26.1 Å². The molecule has 0 aliphatic carbocycles. The number of anilines is 1. The third kappa shape index (κ3) is 8.08. The van der Waals surface area contributed by atoms with Crippen molar-refractivity contribution >= 4 is 27.5 Å². The molecule has 2 aromatic rings. The highest BCUT2D eigenvalue weighted by molar-refractivity contribution is 7.92.